The number of halogens is 1. The summed E-state index contributed by atoms with van der Waals surface area (Å²) in [5, 5.41) is 0. The predicted molar refractivity (Wildman–Crippen MR) is 60.6 cm³/mol. The minimum absolute atomic E-state index is 0.204. The Kier molecular flexibility index (Phi) is 4.08. The summed E-state index contributed by atoms with van der Waals surface area (Å²) in [6.07, 6.45) is 2.74. The maximum Gasteiger partial charge on any atom is 0.312 e. The summed E-state index contributed by atoms with van der Waals surface area (Å²) < 4.78 is 5.94. The summed E-state index contributed by atoms with van der Waals surface area (Å²) in [6.45, 7) is 4.03. The van der Waals surface area contributed by atoms with Crippen molar-refractivity contribution >= 4 is 28.2 Å². The summed E-state index contributed by atoms with van der Waals surface area (Å²) in [4.78, 5) is 22.5. The summed E-state index contributed by atoms with van der Waals surface area (Å²) in [5.41, 5.74) is 0.139. The first-order valence-corrected chi connectivity index (χ1v) is 5.82. The first-order valence-electron chi connectivity index (χ1n) is 5.03. The van der Waals surface area contributed by atoms with E-state index in [1.165, 1.54) is 0 Å². The van der Waals surface area contributed by atoms with Gasteiger partial charge in [0.05, 0.1) is 12.0 Å². The zero-order valence-corrected chi connectivity index (χ0v) is 10.6. The quantitative estimate of drug-likeness (QED) is 0.587. The SMILES string of the molecule is CCOC(=O)C1(C)CCC(Br)=C(C=O)C1. The van der Waals surface area contributed by atoms with E-state index in [0.29, 0.717) is 18.6 Å². The Hall–Kier alpha value is -0.640. The van der Waals surface area contributed by atoms with Crippen molar-refractivity contribution in [3.05, 3.63) is 10.1 Å². The molecular formula is C11H15BrO3. The van der Waals surface area contributed by atoms with Gasteiger partial charge in [-0.2, -0.15) is 0 Å². The summed E-state index contributed by atoms with van der Waals surface area (Å²) in [5.74, 6) is -0.204. The van der Waals surface area contributed by atoms with Crippen LogP contribution >= 0.6 is 15.9 Å². The Morgan fingerprint density at radius 2 is 2.33 bits per heavy atom. The van der Waals surface area contributed by atoms with Gasteiger partial charge in [-0.05, 0) is 33.1 Å². The minimum Gasteiger partial charge on any atom is -0.466 e. The highest BCUT2D eigenvalue weighted by Crippen LogP contribution is 2.41. The molecular weight excluding hydrogens is 260 g/mol. The molecule has 84 valence electrons. The molecule has 15 heavy (non-hydrogen) atoms. The molecule has 0 heterocycles. The van der Waals surface area contributed by atoms with Gasteiger partial charge in [0, 0.05) is 10.1 Å². The van der Waals surface area contributed by atoms with Gasteiger partial charge in [0.1, 0.15) is 6.29 Å². The number of hydrogen-bond acceptors (Lipinski definition) is 3. The summed E-state index contributed by atoms with van der Waals surface area (Å²) in [6, 6.07) is 0. The Bertz CT molecular complexity index is 309. The molecule has 0 bridgehead atoms. The highest BCUT2D eigenvalue weighted by molar-refractivity contribution is 9.11. The van der Waals surface area contributed by atoms with Gasteiger partial charge in [0.25, 0.3) is 0 Å². The van der Waals surface area contributed by atoms with Crippen molar-refractivity contribution in [2.45, 2.75) is 33.1 Å². The maximum atomic E-state index is 11.7. The van der Waals surface area contributed by atoms with Crippen LogP contribution in [-0.4, -0.2) is 18.9 Å². The molecule has 0 spiro atoms. The number of ether oxygens (including phenoxy) is 1. The molecule has 0 fully saturated rings. The van der Waals surface area contributed by atoms with E-state index in [2.05, 4.69) is 15.9 Å². The predicted octanol–water partition coefficient (Wildman–Crippen LogP) is 2.59. The van der Waals surface area contributed by atoms with Crippen molar-refractivity contribution in [3.63, 3.8) is 0 Å². The molecule has 0 saturated heterocycles. The monoisotopic (exact) mass is 274 g/mol. The normalized spacial score (nSPS) is 26.3. The zero-order valence-electron chi connectivity index (χ0n) is 9.01. The standard InChI is InChI=1S/C11H15BrO3/c1-3-15-10(14)11(2)5-4-9(12)8(6-11)7-13/h7H,3-6H2,1-2H3. The van der Waals surface area contributed by atoms with E-state index in [9.17, 15) is 9.59 Å². The van der Waals surface area contributed by atoms with Crippen LogP contribution in [-0.2, 0) is 14.3 Å². The van der Waals surface area contributed by atoms with E-state index in [0.717, 1.165) is 23.6 Å². The van der Waals surface area contributed by atoms with Gasteiger partial charge in [-0.1, -0.05) is 15.9 Å². The van der Waals surface area contributed by atoms with Crippen molar-refractivity contribution in [2.75, 3.05) is 6.61 Å². The Balaban J connectivity index is 2.82. The highest BCUT2D eigenvalue weighted by atomic mass is 79.9. The van der Waals surface area contributed by atoms with Gasteiger partial charge >= 0.3 is 5.97 Å². The van der Waals surface area contributed by atoms with Crippen LogP contribution in [0.5, 0.6) is 0 Å². The van der Waals surface area contributed by atoms with Gasteiger partial charge in [0.15, 0.2) is 0 Å². The molecule has 1 aliphatic carbocycles. The zero-order chi connectivity index (χ0) is 11.5. The number of rotatable bonds is 3. The van der Waals surface area contributed by atoms with Crippen LogP contribution < -0.4 is 0 Å². The average molecular weight is 275 g/mol. The van der Waals surface area contributed by atoms with Crippen LogP contribution in [0.4, 0.5) is 0 Å². The second kappa shape index (κ2) is 4.92. The number of aldehydes is 1. The van der Waals surface area contributed by atoms with Crippen molar-refractivity contribution < 1.29 is 14.3 Å². The third-order valence-corrected chi connectivity index (χ3v) is 3.64. The number of esters is 1. The van der Waals surface area contributed by atoms with Crippen molar-refractivity contribution in [1.82, 2.24) is 0 Å². The maximum absolute atomic E-state index is 11.7. The topological polar surface area (TPSA) is 43.4 Å². The fourth-order valence-corrected chi connectivity index (χ4v) is 2.17. The molecule has 1 atom stereocenters. The molecule has 3 nitrogen and oxygen atoms in total. The van der Waals surface area contributed by atoms with Crippen LogP contribution in [0.25, 0.3) is 0 Å². The van der Waals surface area contributed by atoms with Gasteiger partial charge in [-0.3, -0.25) is 9.59 Å². The van der Waals surface area contributed by atoms with Crippen LogP contribution in [0.15, 0.2) is 10.1 Å². The molecule has 0 N–H and O–H groups in total. The number of allylic oxidation sites excluding steroid dienone is 2. The minimum atomic E-state index is -0.538. The van der Waals surface area contributed by atoms with Gasteiger partial charge in [-0.25, -0.2) is 0 Å². The molecule has 4 heteroatoms. The summed E-state index contributed by atoms with van der Waals surface area (Å²) >= 11 is 3.35. The van der Waals surface area contributed by atoms with E-state index < -0.39 is 5.41 Å². The highest BCUT2D eigenvalue weighted by Gasteiger charge is 2.38. The smallest absolute Gasteiger partial charge is 0.312 e. The molecule has 0 aromatic heterocycles. The second-order valence-electron chi connectivity index (χ2n) is 4.01. The van der Waals surface area contributed by atoms with Crippen molar-refractivity contribution in [2.24, 2.45) is 5.41 Å². The van der Waals surface area contributed by atoms with E-state index in [-0.39, 0.29) is 5.97 Å². The fraction of sp³-hybridized carbons (Fsp3) is 0.636. The van der Waals surface area contributed by atoms with Gasteiger partial charge < -0.3 is 4.74 Å². The Morgan fingerprint density at radius 1 is 1.67 bits per heavy atom. The lowest BCUT2D eigenvalue weighted by Gasteiger charge is -2.31. The van der Waals surface area contributed by atoms with Crippen LogP contribution in [0, 0.1) is 5.41 Å². The average Bonchev–Trinajstić information content (AvgIpc) is 2.22. The van der Waals surface area contributed by atoms with E-state index in [1.54, 1.807) is 6.92 Å². The van der Waals surface area contributed by atoms with Crippen LogP contribution in [0.2, 0.25) is 0 Å². The molecule has 1 rings (SSSR count). The molecule has 1 unspecified atom stereocenters. The van der Waals surface area contributed by atoms with E-state index >= 15 is 0 Å². The van der Waals surface area contributed by atoms with Crippen LogP contribution in [0.1, 0.15) is 33.1 Å². The molecule has 0 saturated carbocycles. The third kappa shape index (κ3) is 2.68. The van der Waals surface area contributed by atoms with Gasteiger partial charge in [0.2, 0.25) is 0 Å². The lowest BCUT2D eigenvalue weighted by atomic mass is 9.76. The molecule has 0 radical (unpaired) electrons. The lowest BCUT2D eigenvalue weighted by molar-refractivity contribution is -0.155. The number of carbonyl (C=O) groups excluding carboxylic acids is 2. The first kappa shape index (κ1) is 12.4. The van der Waals surface area contributed by atoms with Crippen molar-refractivity contribution in [1.29, 1.82) is 0 Å². The number of carbonyl (C=O) groups is 2. The molecule has 0 aromatic rings. The third-order valence-electron chi connectivity index (χ3n) is 2.74. The Morgan fingerprint density at radius 3 is 2.87 bits per heavy atom. The fourth-order valence-electron chi connectivity index (χ4n) is 1.74. The number of hydrogen-bond donors (Lipinski definition) is 0. The summed E-state index contributed by atoms with van der Waals surface area (Å²) in [7, 11) is 0. The molecule has 0 aliphatic heterocycles. The van der Waals surface area contributed by atoms with Crippen LogP contribution in [0.3, 0.4) is 0 Å². The largest absolute Gasteiger partial charge is 0.466 e. The second-order valence-corrected chi connectivity index (χ2v) is 4.96. The Labute approximate surface area is 98.0 Å². The first-order chi connectivity index (χ1) is 7.03. The molecule has 0 amide bonds. The molecule has 1 aliphatic rings. The van der Waals surface area contributed by atoms with Gasteiger partial charge in [-0.15, -0.1) is 0 Å². The molecule has 0 aromatic carbocycles. The lowest BCUT2D eigenvalue weighted by Crippen LogP contribution is -2.33. The van der Waals surface area contributed by atoms with Crippen molar-refractivity contribution in [3.8, 4) is 0 Å². The van der Waals surface area contributed by atoms with E-state index in [4.69, 9.17) is 4.74 Å². The van der Waals surface area contributed by atoms with E-state index in [1.807, 2.05) is 6.92 Å².